The summed E-state index contributed by atoms with van der Waals surface area (Å²) in [6.45, 7) is 4.79. The van der Waals surface area contributed by atoms with Crippen LogP contribution < -0.4 is 5.32 Å². The molecule has 4 rings (SSSR count). The molecule has 0 aliphatic carbocycles. The number of ether oxygens (including phenoxy) is 1. The van der Waals surface area contributed by atoms with Crippen molar-refractivity contribution >= 4 is 11.6 Å². The second-order valence-corrected chi connectivity index (χ2v) is 7.89. The van der Waals surface area contributed by atoms with Crippen molar-refractivity contribution < 1.29 is 9.53 Å². The molecule has 2 aromatic carbocycles. The molecule has 0 saturated carbocycles. The Labute approximate surface area is 181 Å². The van der Waals surface area contributed by atoms with Gasteiger partial charge in [0.1, 0.15) is 5.82 Å². The van der Waals surface area contributed by atoms with E-state index in [2.05, 4.69) is 21.4 Å². The molecule has 1 aromatic heterocycles. The number of aromatic nitrogens is 2. The lowest BCUT2D eigenvalue weighted by Crippen LogP contribution is -2.44. The lowest BCUT2D eigenvalue weighted by atomic mass is 9.73. The first kappa shape index (κ1) is 20.7. The van der Waals surface area contributed by atoms with E-state index in [0.29, 0.717) is 37.3 Å². The topological polar surface area (TPSA) is 87.9 Å². The third-order valence-electron chi connectivity index (χ3n) is 5.95. The molecule has 31 heavy (non-hydrogen) atoms. The number of nitrogens with zero attached hydrogens (tertiary/aromatic N) is 3. The van der Waals surface area contributed by atoms with Crippen LogP contribution in [0.3, 0.4) is 0 Å². The Morgan fingerprint density at radius 3 is 2.35 bits per heavy atom. The van der Waals surface area contributed by atoms with Gasteiger partial charge in [-0.05, 0) is 55.5 Å². The molecule has 1 aliphatic heterocycles. The molecule has 0 bridgehead atoms. The van der Waals surface area contributed by atoms with E-state index in [1.165, 1.54) is 0 Å². The lowest BCUT2D eigenvalue weighted by Gasteiger charge is -2.36. The Kier molecular flexibility index (Phi) is 5.79. The molecular formula is C25H24N4O2. The van der Waals surface area contributed by atoms with Crippen LogP contribution in [0.4, 0.5) is 5.69 Å². The molecule has 1 fully saturated rings. The minimum Gasteiger partial charge on any atom is -0.381 e. The Morgan fingerprint density at radius 1 is 1.03 bits per heavy atom. The van der Waals surface area contributed by atoms with Crippen molar-refractivity contribution in [1.82, 2.24) is 9.97 Å². The Morgan fingerprint density at radius 2 is 1.71 bits per heavy atom. The highest BCUT2D eigenvalue weighted by Gasteiger charge is 2.41. The average molecular weight is 412 g/mol. The van der Waals surface area contributed by atoms with Gasteiger partial charge in [0.15, 0.2) is 0 Å². The standard InChI is InChI=1S/C25H24N4O2/c1-17-3-8-23(13-20(17)14-26)29-24(30)25(9-11-31-12-10-25)22-6-4-19(5-7-22)21-15-27-18(2)28-16-21/h3-8,13,15-16H,9-12H2,1-2H3,(H,29,30). The fraction of sp³-hybridized carbons (Fsp3) is 0.280. The summed E-state index contributed by atoms with van der Waals surface area (Å²) in [6, 6.07) is 15.6. The van der Waals surface area contributed by atoms with E-state index in [-0.39, 0.29) is 5.91 Å². The summed E-state index contributed by atoms with van der Waals surface area (Å²) in [5, 5.41) is 12.3. The number of anilines is 1. The quantitative estimate of drug-likeness (QED) is 0.689. The molecular weight excluding hydrogens is 388 g/mol. The van der Waals surface area contributed by atoms with Crippen molar-refractivity contribution in [2.75, 3.05) is 18.5 Å². The van der Waals surface area contributed by atoms with Crippen molar-refractivity contribution in [3.8, 4) is 17.2 Å². The maximum Gasteiger partial charge on any atom is 0.235 e. The highest BCUT2D eigenvalue weighted by atomic mass is 16.5. The van der Waals surface area contributed by atoms with Gasteiger partial charge in [0.25, 0.3) is 0 Å². The molecule has 1 aliphatic rings. The molecule has 0 spiro atoms. The van der Waals surface area contributed by atoms with E-state index in [1.807, 2.05) is 50.2 Å². The van der Waals surface area contributed by atoms with Crippen LogP contribution in [0.2, 0.25) is 0 Å². The summed E-state index contributed by atoms with van der Waals surface area (Å²) >= 11 is 0. The molecule has 3 aromatic rings. The summed E-state index contributed by atoms with van der Waals surface area (Å²) in [6.07, 6.45) is 4.81. The van der Waals surface area contributed by atoms with Crippen molar-refractivity contribution in [3.05, 3.63) is 77.4 Å². The summed E-state index contributed by atoms with van der Waals surface area (Å²) < 4.78 is 5.56. The maximum absolute atomic E-state index is 13.5. The molecule has 6 heteroatoms. The highest BCUT2D eigenvalue weighted by Crippen LogP contribution is 2.37. The number of nitrogens with one attached hydrogen (secondary N) is 1. The van der Waals surface area contributed by atoms with Crippen LogP contribution in [0.25, 0.3) is 11.1 Å². The molecule has 2 heterocycles. The number of rotatable bonds is 4. The molecule has 156 valence electrons. The van der Waals surface area contributed by atoms with Gasteiger partial charge in [0.05, 0.1) is 17.0 Å². The summed E-state index contributed by atoms with van der Waals surface area (Å²) in [5.74, 6) is 0.656. The smallest absolute Gasteiger partial charge is 0.235 e. The van der Waals surface area contributed by atoms with Crippen LogP contribution >= 0.6 is 0 Å². The van der Waals surface area contributed by atoms with Crippen molar-refractivity contribution in [2.24, 2.45) is 0 Å². The Balaban J connectivity index is 1.64. The number of carbonyl (C=O) groups is 1. The second kappa shape index (κ2) is 8.66. The van der Waals surface area contributed by atoms with Crippen molar-refractivity contribution in [3.63, 3.8) is 0 Å². The first-order valence-electron chi connectivity index (χ1n) is 10.3. The molecule has 1 amide bonds. The van der Waals surface area contributed by atoms with Gasteiger partial charge in [-0.3, -0.25) is 4.79 Å². The monoisotopic (exact) mass is 412 g/mol. The van der Waals surface area contributed by atoms with Gasteiger partial charge in [0, 0.05) is 36.9 Å². The van der Waals surface area contributed by atoms with Crippen LogP contribution in [0.15, 0.2) is 54.9 Å². The Hall–Kier alpha value is -3.56. The van der Waals surface area contributed by atoms with Crippen LogP contribution in [-0.4, -0.2) is 29.1 Å². The normalized spacial score (nSPS) is 15.1. The van der Waals surface area contributed by atoms with Crippen LogP contribution in [0.5, 0.6) is 0 Å². The second-order valence-electron chi connectivity index (χ2n) is 7.89. The first-order valence-corrected chi connectivity index (χ1v) is 10.3. The minimum absolute atomic E-state index is 0.0741. The molecule has 1 saturated heterocycles. The Bertz CT molecular complexity index is 1130. The van der Waals surface area contributed by atoms with E-state index in [9.17, 15) is 10.1 Å². The first-order chi connectivity index (χ1) is 15.0. The van der Waals surface area contributed by atoms with Gasteiger partial charge in [-0.1, -0.05) is 30.3 Å². The van der Waals surface area contributed by atoms with Gasteiger partial charge in [-0.15, -0.1) is 0 Å². The van der Waals surface area contributed by atoms with Crippen LogP contribution in [-0.2, 0) is 14.9 Å². The molecule has 0 unspecified atom stereocenters. The van der Waals surface area contributed by atoms with E-state index in [4.69, 9.17) is 4.74 Å². The molecule has 0 radical (unpaired) electrons. The predicted molar refractivity (Wildman–Crippen MR) is 118 cm³/mol. The summed E-state index contributed by atoms with van der Waals surface area (Å²) in [4.78, 5) is 22.0. The average Bonchev–Trinajstić information content (AvgIpc) is 2.81. The fourth-order valence-corrected chi connectivity index (χ4v) is 3.96. The van der Waals surface area contributed by atoms with E-state index in [0.717, 1.165) is 28.1 Å². The minimum atomic E-state index is -0.682. The molecule has 0 atom stereocenters. The van der Waals surface area contributed by atoms with Crippen LogP contribution in [0, 0.1) is 25.2 Å². The van der Waals surface area contributed by atoms with E-state index >= 15 is 0 Å². The van der Waals surface area contributed by atoms with E-state index < -0.39 is 5.41 Å². The summed E-state index contributed by atoms with van der Waals surface area (Å²) in [5.41, 5.74) is 4.29. The van der Waals surface area contributed by atoms with Crippen LogP contribution in [0.1, 0.15) is 35.4 Å². The van der Waals surface area contributed by atoms with Crippen molar-refractivity contribution in [2.45, 2.75) is 32.1 Å². The third kappa shape index (κ3) is 4.18. The number of aryl methyl sites for hydroxylation is 2. The SMILES string of the molecule is Cc1ncc(-c2ccc(C3(C(=O)Nc4ccc(C)c(C#N)c4)CCOCC3)cc2)cn1. The number of hydrogen-bond acceptors (Lipinski definition) is 5. The molecule has 1 N–H and O–H groups in total. The number of hydrogen-bond donors (Lipinski definition) is 1. The van der Waals surface area contributed by atoms with Gasteiger partial charge in [-0.2, -0.15) is 5.26 Å². The lowest BCUT2D eigenvalue weighted by molar-refractivity contribution is -0.125. The van der Waals surface area contributed by atoms with E-state index in [1.54, 1.807) is 18.5 Å². The van der Waals surface area contributed by atoms with Gasteiger partial charge in [-0.25, -0.2) is 9.97 Å². The number of carbonyl (C=O) groups excluding carboxylic acids is 1. The summed E-state index contributed by atoms with van der Waals surface area (Å²) in [7, 11) is 0. The number of amides is 1. The fourth-order valence-electron chi connectivity index (χ4n) is 3.96. The van der Waals surface area contributed by atoms with Gasteiger partial charge in [0.2, 0.25) is 5.91 Å². The molecule has 6 nitrogen and oxygen atoms in total. The predicted octanol–water partition coefficient (Wildman–Crippen LogP) is 4.32. The van der Waals surface area contributed by atoms with Crippen molar-refractivity contribution in [1.29, 1.82) is 5.26 Å². The maximum atomic E-state index is 13.5. The largest absolute Gasteiger partial charge is 0.381 e. The zero-order valence-corrected chi connectivity index (χ0v) is 17.7. The van der Waals surface area contributed by atoms with Gasteiger partial charge < -0.3 is 10.1 Å². The van der Waals surface area contributed by atoms with Gasteiger partial charge >= 0.3 is 0 Å². The zero-order chi connectivity index (χ0) is 21.8. The number of nitriles is 1. The number of benzene rings is 2. The highest BCUT2D eigenvalue weighted by molar-refractivity contribution is 5.99. The zero-order valence-electron chi connectivity index (χ0n) is 17.7. The third-order valence-corrected chi connectivity index (χ3v) is 5.95.